The molecule has 3 N–H and O–H groups in total. The van der Waals surface area contributed by atoms with E-state index in [1.165, 1.54) is 6.07 Å². The van der Waals surface area contributed by atoms with Crippen molar-refractivity contribution in [3.63, 3.8) is 0 Å². The van der Waals surface area contributed by atoms with Crippen molar-refractivity contribution in [2.24, 2.45) is 7.05 Å². The molecular weight excluding hydrogens is 194 g/mol. The lowest BCUT2D eigenvalue weighted by molar-refractivity contribution is 0.0699. The minimum absolute atomic E-state index is 0.147. The smallest absolute Gasteiger partial charge is 0.338 e. The first-order valence-corrected chi connectivity index (χ1v) is 4.46. The standard InChI is InChI=1S/C10H11N3O2/c1-5-12-9-7(10(14)15)3-6(11)4-8(9)13(5)2/h3-4H,11H2,1-2H3,(H,14,15). The Kier molecular flexibility index (Phi) is 1.89. The van der Waals surface area contributed by atoms with Gasteiger partial charge in [0.15, 0.2) is 0 Å². The molecule has 0 aliphatic rings. The number of carbonyl (C=O) groups is 1. The Hall–Kier alpha value is -2.04. The Labute approximate surface area is 86.1 Å². The summed E-state index contributed by atoms with van der Waals surface area (Å²) in [5, 5.41) is 9.00. The zero-order valence-electron chi connectivity index (χ0n) is 8.48. The molecule has 1 heterocycles. The number of nitrogen functional groups attached to an aromatic ring is 1. The normalized spacial score (nSPS) is 10.8. The third-order valence-electron chi connectivity index (χ3n) is 2.46. The SMILES string of the molecule is Cc1nc2c(C(=O)O)cc(N)cc2n1C. The van der Waals surface area contributed by atoms with Gasteiger partial charge in [0.1, 0.15) is 11.3 Å². The number of nitrogens with zero attached hydrogens (tertiary/aromatic N) is 2. The predicted octanol–water partition coefficient (Wildman–Crippen LogP) is 1.16. The van der Waals surface area contributed by atoms with Crippen LogP contribution in [0.2, 0.25) is 0 Å². The van der Waals surface area contributed by atoms with Crippen LogP contribution in [0.15, 0.2) is 12.1 Å². The molecule has 0 aliphatic heterocycles. The molecule has 0 spiro atoms. The average molecular weight is 205 g/mol. The van der Waals surface area contributed by atoms with E-state index in [4.69, 9.17) is 10.8 Å². The number of hydrogen-bond acceptors (Lipinski definition) is 3. The second-order valence-corrected chi connectivity index (χ2v) is 3.46. The van der Waals surface area contributed by atoms with Gasteiger partial charge in [-0.3, -0.25) is 0 Å². The van der Waals surface area contributed by atoms with Crippen molar-refractivity contribution in [3.8, 4) is 0 Å². The molecule has 0 amide bonds. The summed E-state index contributed by atoms with van der Waals surface area (Å²) in [4.78, 5) is 15.2. The van der Waals surface area contributed by atoms with E-state index in [0.717, 1.165) is 11.3 Å². The summed E-state index contributed by atoms with van der Waals surface area (Å²) >= 11 is 0. The van der Waals surface area contributed by atoms with Crippen LogP contribution in [0.5, 0.6) is 0 Å². The number of nitrogens with two attached hydrogens (primary N) is 1. The first kappa shape index (κ1) is 9.51. The fourth-order valence-corrected chi connectivity index (χ4v) is 1.59. The second-order valence-electron chi connectivity index (χ2n) is 3.46. The van der Waals surface area contributed by atoms with Crippen LogP contribution in [0.3, 0.4) is 0 Å². The molecule has 2 aromatic rings. The number of carboxylic acids is 1. The van der Waals surface area contributed by atoms with Crippen molar-refractivity contribution in [3.05, 3.63) is 23.5 Å². The Morgan fingerprint density at radius 2 is 2.20 bits per heavy atom. The molecule has 0 bridgehead atoms. The molecule has 0 aliphatic carbocycles. The van der Waals surface area contributed by atoms with E-state index in [0.29, 0.717) is 11.2 Å². The molecule has 5 nitrogen and oxygen atoms in total. The zero-order valence-corrected chi connectivity index (χ0v) is 8.48. The van der Waals surface area contributed by atoms with Gasteiger partial charge < -0.3 is 15.4 Å². The van der Waals surface area contributed by atoms with Crippen molar-refractivity contribution < 1.29 is 9.90 Å². The first-order valence-electron chi connectivity index (χ1n) is 4.46. The second kappa shape index (κ2) is 2.98. The molecule has 0 unspecified atom stereocenters. The Morgan fingerprint density at radius 3 is 2.80 bits per heavy atom. The molecule has 2 rings (SSSR count). The van der Waals surface area contributed by atoms with E-state index >= 15 is 0 Å². The Balaban J connectivity index is 2.92. The molecule has 5 heteroatoms. The van der Waals surface area contributed by atoms with Gasteiger partial charge in [0.2, 0.25) is 0 Å². The Bertz CT molecular complexity index is 557. The number of aryl methyl sites for hydroxylation is 2. The lowest BCUT2D eigenvalue weighted by atomic mass is 10.1. The largest absolute Gasteiger partial charge is 0.478 e. The van der Waals surface area contributed by atoms with E-state index in [-0.39, 0.29) is 5.56 Å². The van der Waals surface area contributed by atoms with Crippen LogP contribution in [0.25, 0.3) is 11.0 Å². The van der Waals surface area contributed by atoms with E-state index < -0.39 is 5.97 Å². The number of imidazole rings is 1. The van der Waals surface area contributed by atoms with Gasteiger partial charge in [-0.2, -0.15) is 0 Å². The molecule has 0 radical (unpaired) electrons. The minimum atomic E-state index is -1.01. The number of carboxylic acid groups (broad SMARTS) is 1. The molecule has 1 aromatic carbocycles. The summed E-state index contributed by atoms with van der Waals surface area (Å²) in [6, 6.07) is 3.15. The minimum Gasteiger partial charge on any atom is -0.478 e. The summed E-state index contributed by atoms with van der Waals surface area (Å²) in [5.74, 6) is -0.247. The van der Waals surface area contributed by atoms with Gasteiger partial charge >= 0.3 is 5.97 Å². The molecule has 0 fully saturated rings. The predicted molar refractivity (Wildman–Crippen MR) is 56.8 cm³/mol. The summed E-state index contributed by atoms with van der Waals surface area (Å²) in [7, 11) is 1.83. The average Bonchev–Trinajstić information content (AvgIpc) is 2.43. The van der Waals surface area contributed by atoms with E-state index in [1.54, 1.807) is 6.07 Å². The van der Waals surface area contributed by atoms with Crippen molar-refractivity contribution in [1.82, 2.24) is 9.55 Å². The highest BCUT2D eigenvalue weighted by atomic mass is 16.4. The fourth-order valence-electron chi connectivity index (χ4n) is 1.59. The highest BCUT2D eigenvalue weighted by molar-refractivity contribution is 6.02. The van der Waals surface area contributed by atoms with Crippen LogP contribution in [0, 0.1) is 6.92 Å². The van der Waals surface area contributed by atoms with Crippen molar-refractivity contribution in [2.75, 3.05) is 5.73 Å². The van der Waals surface area contributed by atoms with E-state index in [9.17, 15) is 4.79 Å². The number of aromatic carboxylic acids is 1. The third kappa shape index (κ3) is 1.32. The van der Waals surface area contributed by atoms with Crippen LogP contribution < -0.4 is 5.73 Å². The maximum absolute atomic E-state index is 11.0. The van der Waals surface area contributed by atoms with Gasteiger partial charge in [-0.15, -0.1) is 0 Å². The van der Waals surface area contributed by atoms with E-state index in [2.05, 4.69) is 4.98 Å². The monoisotopic (exact) mass is 205 g/mol. The van der Waals surface area contributed by atoms with Gasteiger partial charge in [-0.25, -0.2) is 9.78 Å². The molecule has 1 aromatic heterocycles. The van der Waals surface area contributed by atoms with Crippen molar-refractivity contribution in [1.29, 1.82) is 0 Å². The first-order chi connectivity index (χ1) is 7.00. The van der Waals surface area contributed by atoms with Gasteiger partial charge in [0, 0.05) is 12.7 Å². The zero-order chi connectivity index (χ0) is 11.2. The number of rotatable bonds is 1. The van der Waals surface area contributed by atoms with Crippen molar-refractivity contribution in [2.45, 2.75) is 6.92 Å². The van der Waals surface area contributed by atoms with Crippen LogP contribution >= 0.6 is 0 Å². The fraction of sp³-hybridized carbons (Fsp3) is 0.200. The lowest BCUT2D eigenvalue weighted by Gasteiger charge is -2.00. The molecule has 0 saturated heterocycles. The summed E-state index contributed by atoms with van der Waals surface area (Å²) in [6.07, 6.45) is 0. The van der Waals surface area contributed by atoms with Crippen LogP contribution in [0.1, 0.15) is 16.2 Å². The molecule has 78 valence electrons. The van der Waals surface area contributed by atoms with Crippen LogP contribution in [-0.2, 0) is 7.05 Å². The molecular formula is C10H11N3O2. The summed E-state index contributed by atoms with van der Waals surface area (Å²) in [6.45, 7) is 1.82. The number of fused-ring (bicyclic) bond motifs is 1. The Morgan fingerprint density at radius 1 is 1.53 bits per heavy atom. The number of hydrogen-bond donors (Lipinski definition) is 2. The molecule has 15 heavy (non-hydrogen) atoms. The van der Waals surface area contributed by atoms with Gasteiger partial charge in [-0.05, 0) is 19.1 Å². The third-order valence-corrected chi connectivity index (χ3v) is 2.46. The topological polar surface area (TPSA) is 81.1 Å². The molecule has 0 atom stereocenters. The summed E-state index contributed by atoms with van der Waals surface area (Å²) < 4.78 is 1.82. The maximum Gasteiger partial charge on any atom is 0.338 e. The number of anilines is 1. The maximum atomic E-state index is 11.0. The van der Waals surface area contributed by atoms with Crippen LogP contribution in [-0.4, -0.2) is 20.6 Å². The molecule has 0 saturated carbocycles. The quantitative estimate of drug-likeness (QED) is 0.684. The van der Waals surface area contributed by atoms with Gasteiger partial charge in [-0.1, -0.05) is 0 Å². The van der Waals surface area contributed by atoms with E-state index in [1.807, 2.05) is 18.5 Å². The van der Waals surface area contributed by atoms with Gasteiger partial charge in [0.25, 0.3) is 0 Å². The number of benzene rings is 1. The number of aromatic nitrogens is 2. The highest BCUT2D eigenvalue weighted by Crippen LogP contribution is 2.22. The highest BCUT2D eigenvalue weighted by Gasteiger charge is 2.14. The summed E-state index contributed by atoms with van der Waals surface area (Å²) in [5.41, 5.74) is 7.44. The lowest BCUT2D eigenvalue weighted by Crippen LogP contribution is -2.00. The van der Waals surface area contributed by atoms with Gasteiger partial charge in [0.05, 0.1) is 11.1 Å². The van der Waals surface area contributed by atoms with Crippen molar-refractivity contribution >= 4 is 22.7 Å². The van der Waals surface area contributed by atoms with Crippen LogP contribution in [0.4, 0.5) is 5.69 Å².